The van der Waals surface area contributed by atoms with Crippen LogP contribution in [0.3, 0.4) is 0 Å². The number of carbonyl (C=O) groups excluding carboxylic acids is 1. The van der Waals surface area contributed by atoms with E-state index in [1.54, 1.807) is 18.4 Å². The number of benzene rings is 1. The van der Waals surface area contributed by atoms with E-state index >= 15 is 0 Å². The molecule has 4 heteroatoms. The zero-order valence-corrected chi connectivity index (χ0v) is 10.4. The number of hydrogen-bond donors (Lipinski definition) is 0. The summed E-state index contributed by atoms with van der Waals surface area (Å²) in [5.74, 6) is 0. The third kappa shape index (κ3) is 1.64. The van der Waals surface area contributed by atoms with Crippen LogP contribution in [-0.2, 0) is 0 Å². The van der Waals surface area contributed by atoms with Crippen LogP contribution >= 0.6 is 33.9 Å². The van der Waals surface area contributed by atoms with Crippen molar-refractivity contribution in [2.45, 2.75) is 0 Å². The Hall–Kier alpha value is -0.620. The standard InChI is InChI=1S/C10H7IO2S/c1-13-10-3-6-2-7(5-12)8(11)4-9(6)14-10/h2-5H,1H3. The van der Waals surface area contributed by atoms with E-state index in [-0.39, 0.29) is 0 Å². The first kappa shape index (κ1) is 9.92. The van der Waals surface area contributed by atoms with E-state index < -0.39 is 0 Å². The van der Waals surface area contributed by atoms with Crippen molar-refractivity contribution in [3.8, 4) is 5.06 Å². The van der Waals surface area contributed by atoms with Gasteiger partial charge in [-0.05, 0) is 46.2 Å². The molecule has 0 spiro atoms. The fraction of sp³-hybridized carbons (Fsp3) is 0.100. The molecule has 2 rings (SSSR count). The largest absolute Gasteiger partial charge is 0.487 e. The van der Waals surface area contributed by atoms with E-state index in [9.17, 15) is 4.79 Å². The number of hydrogen-bond acceptors (Lipinski definition) is 3. The number of carbonyl (C=O) groups is 1. The minimum absolute atomic E-state index is 0.735. The molecule has 2 aromatic rings. The molecule has 72 valence electrons. The van der Waals surface area contributed by atoms with E-state index in [0.29, 0.717) is 0 Å². The van der Waals surface area contributed by atoms with Gasteiger partial charge in [-0.2, -0.15) is 0 Å². The fourth-order valence-electron chi connectivity index (χ4n) is 1.25. The highest BCUT2D eigenvalue weighted by Gasteiger charge is 2.05. The molecule has 0 saturated heterocycles. The smallest absolute Gasteiger partial charge is 0.174 e. The Balaban J connectivity index is 2.69. The summed E-state index contributed by atoms with van der Waals surface area (Å²) in [6.45, 7) is 0. The van der Waals surface area contributed by atoms with Crippen LogP contribution in [0.4, 0.5) is 0 Å². The molecule has 0 fully saturated rings. The summed E-state index contributed by atoms with van der Waals surface area (Å²) in [7, 11) is 1.65. The molecular weight excluding hydrogens is 311 g/mol. The molecule has 2 nitrogen and oxygen atoms in total. The third-order valence-electron chi connectivity index (χ3n) is 1.94. The van der Waals surface area contributed by atoms with Crippen molar-refractivity contribution in [3.63, 3.8) is 0 Å². The van der Waals surface area contributed by atoms with Crippen molar-refractivity contribution in [1.82, 2.24) is 0 Å². The first-order chi connectivity index (χ1) is 6.74. The quantitative estimate of drug-likeness (QED) is 0.627. The highest BCUT2D eigenvalue weighted by molar-refractivity contribution is 14.1. The van der Waals surface area contributed by atoms with Crippen LogP contribution in [0.5, 0.6) is 5.06 Å². The molecule has 14 heavy (non-hydrogen) atoms. The van der Waals surface area contributed by atoms with Gasteiger partial charge < -0.3 is 4.74 Å². The van der Waals surface area contributed by atoms with Crippen LogP contribution in [-0.4, -0.2) is 13.4 Å². The molecule has 0 N–H and O–H groups in total. The number of rotatable bonds is 2. The van der Waals surface area contributed by atoms with Gasteiger partial charge in [-0.1, -0.05) is 11.3 Å². The average Bonchev–Trinajstić information content (AvgIpc) is 2.58. The number of thiophene rings is 1. The summed E-state index contributed by atoms with van der Waals surface area (Å²) in [4.78, 5) is 10.7. The second kappa shape index (κ2) is 3.86. The maximum Gasteiger partial charge on any atom is 0.174 e. The van der Waals surface area contributed by atoms with E-state index in [2.05, 4.69) is 22.6 Å². The second-order valence-corrected chi connectivity index (χ2v) is 5.01. The van der Waals surface area contributed by atoms with Crippen LogP contribution < -0.4 is 4.74 Å². The first-order valence-electron chi connectivity index (χ1n) is 3.97. The lowest BCUT2D eigenvalue weighted by molar-refractivity contribution is 0.112. The SMILES string of the molecule is COc1cc2cc(C=O)c(I)cc2s1. The summed E-state index contributed by atoms with van der Waals surface area (Å²) >= 11 is 3.75. The summed E-state index contributed by atoms with van der Waals surface area (Å²) in [5.41, 5.74) is 0.735. The lowest BCUT2D eigenvalue weighted by Gasteiger charge is -1.95. The molecule has 1 aromatic carbocycles. The maximum absolute atomic E-state index is 10.7. The molecule has 0 unspecified atom stereocenters. The van der Waals surface area contributed by atoms with Crippen molar-refractivity contribution < 1.29 is 9.53 Å². The van der Waals surface area contributed by atoms with E-state index in [1.165, 1.54) is 0 Å². The van der Waals surface area contributed by atoms with E-state index in [0.717, 1.165) is 30.6 Å². The van der Waals surface area contributed by atoms with Crippen molar-refractivity contribution in [1.29, 1.82) is 0 Å². The zero-order valence-electron chi connectivity index (χ0n) is 7.41. The van der Waals surface area contributed by atoms with Crippen LogP contribution in [0.1, 0.15) is 10.4 Å². The maximum atomic E-state index is 10.7. The van der Waals surface area contributed by atoms with Crippen LogP contribution in [0, 0.1) is 3.57 Å². The second-order valence-electron chi connectivity index (χ2n) is 2.80. The Labute approximate surface area is 99.0 Å². The number of methoxy groups -OCH3 is 1. The fourth-order valence-corrected chi connectivity index (χ4v) is 2.95. The molecule has 0 bridgehead atoms. The monoisotopic (exact) mass is 318 g/mol. The Kier molecular flexibility index (Phi) is 2.73. The van der Waals surface area contributed by atoms with Gasteiger partial charge in [0.25, 0.3) is 0 Å². The molecule has 1 heterocycles. The van der Waals surface area contributed by atoms with Gasteiger partial charge in [0, 0.05) is 13.8 Å². The van der Waals surface area contributed by atoms with Gasteiger partial charge >= 0.3 is 0 Å². The summed E-state index contributed by atoms with van der Waals surface area (Å²) < 4.78 is 7.27. The Bertz CT molecular complexity index is 490. The highest BCUT2D eigenvalue weighted by Crippen LogP contribution is 2.33. The van der Waals surface area contributed by atoms with Gasteiger partial charge in [0.2, 0.25) is 0 Å². The average molecular weight is 318 g/mol. The summed E-state index contributed by atoms with van der Waals surface area (Å²) in [6, 6.07) is 5.85. The van der Waals surface area contributed by atoms with Crippen LogP contribution in [0.2, 0.25) is 0 Å². The Morgan fingerprint density at radius 2 is 2.21 bits per heavy atom. The molecule has 0 aliphatic rings. The molecule has 0 amide bonds. The number of ether oxygens (including phenoxy) is 1. The highest BCUT2D eigenvalue weighted by atomic mass is 127. The summed E-state index contributed by atoms with van der Waals surface area (Å²) in [6.07, 6.45) is 0.880. The van der Waals surface area contributed by atoms with Gasteiger partial charge in [-0.15, -0.1) is 0 Å². The number of halogens is 1. The van der Waals surface area contributed by atoms with E-state index in [1.807, 2.05) is 18.2 Å². The molecule has 1 aromatic heterocycles. The minimum atomic E-state index is 0.735. The predicted octanol–water partition coefficient (Wildman–Crippen LogP) is 3.33. The predicted molar refractivity (Wildman–Crippen MR) is 66.5 cm³/mol. The number of fused-ring (bicyclic) bond motifs is 1. The summed E-state index contributed by atoms with van der Waals surface area (Å²) in [5, 5.41) is 1.94. The Morgan fingerprint density at radius 3 is 2.86 bits per heavy atom. The molecule has 0 atom stereocenters. The van der Waals surface area contributed by atoms with Gasteiger partial charge in [0.05, 0.1) is 7.11 Å². The molecule has 0 radical (unpaired) electrons. The van der Waals surface area contributed by atoms with Gasteiger partial charge in [-0.3, -0.25) is 4.79 Å². The van der Waals surface area contributed by atoms with Crippen LogP contribution in [0.15, 0.2) is 18.2 Å². The van der Waals surface area contributed by atoms with Crippen molar-refractivity contribution in [2.75, 3.05) is 7.11 Å². The van der Waals surface area contributed by atoms with Gasteiger partial charge in [0.15, 0.2) is 11.3 Å². The van der Waals surface area contributed by atoms with E-state index in [4.69, 9.17) is 4.74 Å². The molecular formula is C10H7IO2S. The van der Waals surface area contributed by atoms with Crippen molar-refractivity contribution >= 4 is 50.3 Å². The minimum Gasteiger partial charge on any atom is -0.487 e. The lowest BCUT2D eigenvalue weighted by Crippen LogP contribution is -1.83. The topological polar surface area (TPSA) is 26.3 Å². The lowest BCUT2D eigenvalue weighted by atomic mass is 10.2. The number of aldehydes is 1. The van der Waals surface area contributed by atoms with Gasteiger partial charge in [0.1, 0.15) is 0 Å². The Morgan fingerprint density at radius 1 is 1.43 bits per heavy atom. The van der Waals surface area contributed by atoms with Crippen molar-refractivity contribution in [3.05, 3.63) is 27.3 Å². The first-order valence-corrected chi connectivity index (χ1v) is 5.86. The zero-order chi connectivity index (χ0) is 10.1. The van der Waals surface area contributed by atoms with Crippen LogP contribution in [0.25, 0.3) is 10.1 Å². The van der Waals surface area contributed by atoms with Crippen molar-refractivity contribution in [2.24, 2.45) is 0 Å². The molecule has 0 aliphatic carbocycles. The molecule has 0 saturated carbocycles. The van der Waals surface area contributed by atoms with Gasteiger partial charge in [-0.25, -0.2) is 0 Å². The third-order valence-corrected chi connectivity index (χ3v) is 3.93. The molecule has 0 aliphatic heterocycles. The normalized spacial score (nSPS) is 10.4.